The first-order valence-corrected chi connectivity index (χ1v) is 9.86. The maximum absolute atomic E-state index is 5.24. The van der Waals surface area contributed by atoms with Gasteiger partial charge in [-0.3, -0.25) is 9.88 Å². The lowest BCUT2D eigenvalue weighted by atomic mass is 10.0. The van der Waals surface area contributed by atoms with Gasteiger partial charge in [0.25, 0.3) is 0 Å². The average Bonchev–Trinajstić information content (AvgIpc) is 3.21. The first-order valence-electron chi connectivity index (χ1n) is 9.86. The van der Waals surface area contributed by atoms with Crippen molar-refractivity contribution in [3.8, 4) is 0 Å². The molecule has 0 aliphatic carbocycles. The van der Waals surface area contributed by atoms with Crippen LogP contribution in [0, 0.1) is 0 Å². The van der Waals surface area contributed by atoms with E-state index < -0.39 is 0 Å². The molecule has 0 unspecified atom stereocenters. The van der Waals surface area contributed by atoms with Crippen molar-refractivity contribution in [2.75, 3.05) is 46.4 Å². The maximum Gasteiger partial charge on any atom is 0.173 e. The SMILES string of the molecule is CCN1CCN([C@H](c2ccc3ncccc3c2)c2nnnn2CCOC)CC1. The molecule has 0 bridgehead atoms. The van der Waals surface area contributed by atoms with Crippen LogP contribution in [-0.2, 0) is 11.3 Å². The molecule has 1 aliphatic rings. The molecule has 148 valence electrons. The number of fused-ring (bicyclic) bond motifs is 1. The van der Waals surface area contributed by atoms with Crippen LogP contribution in [0.2, 0.25) is 0 Å². The molecule has 0 radical (unpaired) electrons. The lowest BCUT2D eigenvalue weighted by molar-refractivity contribution is 0.107. The Bertz CT molecular complexity index is 904. The third-order valence-corrected chi connectivity index (χ3v) is 5.47. The molecular weight excluding hydrogens is 354 g/mol. The van der Waals surface area contributed by atoms with Gasteiger partial charge in [-0.25, -0.2) is 4.68 Å². The highest BCUT2D eigenvalue weighted by Gasteiger charge is 2.30. The van der Waals surface area contributed by atoms with E-state index in [9.17, 15) is 0 Å². The normalized spacial score (nSPS) is 17.2. The molecule has 1 saturated heterocycles. The molecule has 3 aromatic rings. The highest BCUT2D eigenvalue weighted by Crippen LogP contribution is 2.30. The second-order valence-corrected chi connectivity index (χ2v) is 7.08. The number of hydrogen-bond acceptors (Lipinski definition) is 7. The Morgan fingerprint density at radius 3 is 2.79 bits per heavy atom. The third kappa shape index (κ3) is 3.89. The number of rotatable bonds is 7. The lowest BCUT2D eigenvalue weighted by Gasteiger charge is -2.38. The zero-order valence-electron chi connectivity index (χ0n) is 16.5. The summed E-state index contributed by atoms with van der Waals surface area (Å²) in [5.41, 5.74) is 2.19. The van der Waals surface area contributed by atoms with Crippen molar-refractivity contribution in [3.05, 3.63) is 47.9 Å². The fourth-order valence-corrected chi connectivity index (χ4v) is 3.87. The van der Waals surface area contributed by atoms with Crippen molar-refractivity contribution in [1.29, 1.82) is 0 Å². The summed E-state index contributed by atoms with van der Waals surface area (Å²) in [6, 6.07) is 10.5. The van der Waals surface area contributed by atoms with E-state index >= 15 is 0 Å². The van der Waals surface area contributed by atoms with Crippen molar-refractivity contribution in [3.63, 3.8) is 0 Å². The van der Waals surface area contributed by atoms with E-state index in [1.807, 2.05) is 16.9 Å². The molecule has 2 aromatic heterocycles. The van der Waals surface area contributed by atoms with E-state index in [4.69, 9.17) is 4.74 Å². The van der Waals surface area contributed by atoms with Crippen LogP contribution < -0.4 is 0 Å². The van der Waals surface area contributed by atoms with Gasteiger partial charge in [-0.2, -0.15) is 0 Å². The summed E-state index contributed by atoms with van der Waals surface area (Å²) >= 11 is 0. The van der Waals surface area contributed by atoms with Gasteiger partial charge in [0.2, 0.25) is 0 Å². The number of tetrazole rings is 1. The molecule has 0 spiro atoms. The van der Waals surface area contributed by atoms with Crippen molar-refractivity contribution < 1.29 is 4.74 Å². The number of piperazine rings is 1. The Hall–Kier alpha value is -2.42. The summed E-state index contributed by atoms with van der Waals surface area (Å²) < 4.78 is 7.11. The van der Waals surface area contributed by atoms with Gasteiger partial charge in [0.1, 0.15) is 0 Å². The molecule has 8 heteroatoms. The van der Waals surface area contributed by atoms with Crippen LogP contribution >= 0.6 is 0 Å². The largest absolute Gasteiger partial charge is 0.383 e. The second-order valence-electron chi connectivity index (χ2n) is 7.08. The summed E-state index contributed by atoms with van der Waals surface area (Å²) in [4.78, 5) is 9.42. The number of ether oxygens (including phenoxy) is 1. The van der Waals surface area contributed by atoms with Crippen LogP contribution in [0.3, 0.4) is 0 Å². The number of hydrogen-bond donors (Lipinski definition) is 0. The van der Waals surface area contributed by atoms with Crippen LogP contribution in [0.25, 0.3) is 10.9 Å². The first kappa shape index (κ1) is 18.9. The van der Waals surface area contributed by atoms with E-state index in [2.05, 4.69) is 61.5 Å². The molecular formula is C20H27N7O. The highest BCUT2D eigenvalue weighted by molar-refractivity contribution is 5.79. The minimum absolute atomic E-state index is 0.00969. The predicted octanol–water partition coefficient (Wildman–Crippen LogP) is 1.59. The van der Waals surface area contributed by atoms with Crippen LogP contribution in [0.1, 0.15) is 24.4 Å². The fraction of sp³-hybridized carbons (Fsp3) is 0.500. The van der Waals surface area contributed by atoms with Gasteiger partial charge in [0.05, 0.1) is 24.7 Å². The summed E-state index contributed by atoms with van der Waals surface area (Å²) in [7, 11) is 1.70. The predicted molar refractivity (Wildman–Crippen MR) is 107 cm³/mol. The Kier molecular flexibility index (Phi) is 5.90. The number of benzene rings is 1. The monoisotopic (exact) mass is 381 g/mol. The summed E-state index contributed by atoms with van der Waals surface area (Å²) in [5.74, 6) is 0.866. The van der Waals surface area contributed by atoms with E-state index in [1.165, 1.54) is 5.56 Å². The van der Waals surface area contributed by atoms with E-state index in [1.54, 1.807) is 7.11 Å². The minimum atomic E-state index is 0.00969. The van der Waals surface area contributed by atoms with Crippen LogP contribution in [0.15, 0.2) is 36.5 Å². The molecule has 0 saturated carbocycles. The average molecular weight is 381 g/mol. The van der Waals surface area contributed by atoms with Gasteiger partial charge in [-0.05, 0) is 40.7 Å². The van der Waals surface area contributed by atoms with Crippen LogP contribution in [0.4, 0.5) is 0 Å². The lowest BCUT2D eigenvalue weighted by Crippen LogP contribution is -2.48. The summed E-state index contributed by atoms with van der Waals surface area (Å²) in [6.07, 6.45) is 1.83. The fourth-order valence-electron chi connectivity index (χ4n) is 3.87. The molecule has 8 nitrogen and oxygen atoms in total. The topological polar surface area (TPSA) is 72.2 Å². The van der Waals surface area contributed by atoms with Gasteiger partial charge in [-0.1, -0.05) is 19.1 Å². The third-order valence-electron chi connectivity index (χ3n) is 5.47. The Labute approximate surface area is 165 Å². The molecule has 0 N–H and O–H groups in total. The highest BCUT2D eigenvalue weighted by atomic mass is 16.5. The Morgan fingerprint density at radius 2 is 2.00 bits per heavy atom. The number of aromatic nitrogens is 5. The van der Waals surface area contributed by atoms with E-state index in [-0.39, 0.29) is 6.04 Å². The molecule has 1 aromatic carbocycles. The Balaban J connectivity index is 1.71. The maximum atomic E-state index is 5.24. The first-order chi connectivity index (χ1) is 13.8. The zero-order chi connectivity index (χ0) is 19.3. The van der Waals surface area contributed by atoms with Crippen molar-refractivity contribution in [1.82, 2.24) is 35.0 Å². The Morgan fingerprint density at radius 1 is 1.14 bits per heavy atom. The zero-order valence-corrected chi connectivity index (χ0v) is 16.5. The molecule has 4 rings (SSSR count). The van der Waals surface area contributed by atoms with Crippen molar-refractivity contribution in [2.45, 2.75) is 19.5 Å². The number of pyridine rings is 1. The van der Waals surface area contributed by atoms with Gasteiger partial charge < -0.3 is 9.64 Å². The van der Waals surface area contributed by atoms with Crippen LogP contribution in [-0.4, -0.2) is 81.4 Å². The molecule has 3 heterocycles. The quantitative estimate of drug-likeness (QED) is 0.615. The van der Waals surface area contributed by atoms with Crippen molar-refractivity contribution in [2.24, 2.45) is 0 Å². The summed E-state index contributed by atoms with van der Waals surface area (Å²) in [5, 5.41) is 13.7. The number of likely N-dealkylation sites (N-methyl/N-ethyl adjacent to an activating group) is 1. The summed E-state index contributed by atoms with van der Waals surface area (Å²) in [6.45, 7) is 8.61. The molecule has 1 aliphatic heterocycles. The molecule has 0 amide bonds. The van der Waals surface area contributed by atoms with E-state index in [0.29, 0.717) is 13.2 Å². The minimum Gasteiger partial charge on any atom is -0.383 e. The second kappa shape index (κ2) is 8.72. The molecule has 1 atom stereocenters. The number of methoxy groups -OCH3 is 1. The van der Waals surface area contributed by atoms with Gasteiger partial charge in [0.15, 0.2) is 5.82 Å². The van der Waals surface area contributed by atoms with E-state index in [0.717, 1.165) is 49.5 Å². The standard InChI is InChI=1S/C20H27N7O/c1-3-25-9-11-26(12-10-25)19(20-22-23-24-27(20)13-14-28-2)17-6-7-18-16(15-17)5-4-8-21-18/h4-8,15,19H,3,9-14H2,1-2H3/t19-/m1/s1. The van der Waals surface area contributed by atoms with Gasteiger partial charge >= 0.3 is 0 Å². The number of nitrogens with zero attached hydrogens (tertiary/aromatic N) is 7. The van der Waals surface area contributed by atoms with Gasteiger partial charge in [0, 0.05) is 44.9 Å². The molecule has 1 fully saturated rings. The smallest absolute Gasteiger partial charge is 0.173 e. The van der Waals surface area contributed by atoms with Crippen molar-refractivity contribution >= 4 is 10.9 Å². The van der Waals surface area contributed by atoms with Crippen LogP contribution in [0.5, 0.6) is 0 Å². The van der Waals surface area contributed by atoms with Gasteiger partial charge in [-0.15, -0.1) is 5.10 Å². The molecule has 28 heavy (non-hydrogen) atoms.